The van der Waals surface area contributed by atoms with E-state index in [9.17, 15) is 14.4 Å². The Morgan fingerprint density at radius 3 is 2.11 bits per heavy atom. The molecule has 3 unspecified atom stereocenters. The van der Waals surface area contributed by atoms with E-state index in [4.69, 9.17) is 11.5 Å². The maximum absolute atomic E-state index is 13.3. The molecule has 0 fully saturated rings. The van der Waals surface area contributed by atoms with Crippen molar-refractivity contribution in [3.8, 4) is 0 Å². The van der Waals surface area contributed by atoms with E-state index < -0.39 is 6.04 Å². The van der Waals surface area contributed by atoms with Gasteiger partial charge in [-0.2, -0.15) is 9.97 Å². The Balaban J connectivity index is 1.64. The molecule has 2 aromatic heterocycles. The van der Waals surface area contributed by atoms with Crippen molar-refractivity contribution in [2.45, 2.75) is 117 Å². The van der Waals surface area contributed by atoms with Gasteiger partial charge in [0.15, 0.2) is 17.0 Å². The SMILES string of the molecule is CCCCCC(C)NC(=O)CCC(NC(=O)c1ccc(N(C)Cc2cnc3nc(N)nc(N)c3n2)cc1)C(=O)NC(C)CCCCC. The number of nitrogens with zero attached hydrogens (tertiary/aromatic N) is 5. The molecule has 0 spiro atoms. The van der Waals surface area contributed by atoms with Crippen molar-refractivity contribution in [2.75, 3.05) is 23.4 Å². The lowest BCUT2D eigenvalue weighted by molar-refractivity contribution is -0.124. The van der Waals surface area contributed by atoms with Crippen LogP contribution in [0, 0.1) is 0 Å². The third-order valence-electron chi connectivity index (χ3n) is 8.03. The van der Waals surface area contributed by atoms with Crippen LogP contribution in [0.3, 0.4) is 0 Å². The lowest BCUT2D eigenvalue weighted by Crippen LogP contribution is -2.49. The largest absolute Gasteiger partial charge is 0.382 e. The van der Waals surface area contributed by atoms with Crippen LogP contribution in [0.15, 0.2) is 30.5 Å². The molecule has 0 bridgehead atoms. The van der Waals surface area contributed by atoms with Crippen molar-refractivity contribution >= 4 is 46.3 Å². The molecule has 0 aliphatic carbocycles. The van der Waals surface area contributed by atoms with Gasteiger partial charge < -0.3 is 32.3 Å². The zero-order valence-corrected chi connectivity index (χ0v) is 28.5. The Hall–Kier alpha value is -4.55. The number of nitrogens with one attached hydrogen (secondary N) is 3. The fourth-order valence-corrected chi connectivity index (χ4v) is 5.28. The van der Waals surface area contributed by atoms with Gasteiger partial charge in [-0.3, -0.25) is 14.4 Å². The van der Waals surface area contributed by atoms with Gasteiger partial charge in [-0.15, -0.1) is 0 Å². The zero-order chi connectivity index (χ0) is 34.3. The first-order valence-electron chi connectivity index (χ1n) is 16.8. The van der Waals surface area contributed by atoms with Gasteiger partial charge in [-0.25, -0.2) is 9.97 Å². The minimum absolute atomic E-state index is 0.0370. The normalized spacial score (nSPS) is 13.0. The summed E-state index contributed by atoms with van der Waals surface area (Å²) in [6.07, 6.45) is 10.2. The summed E-state index contributed by atoms with van der Waals surface area (Å²) in [5.41, 5.74) is 14.2. The number of aromatic nitrogens is 4. The molecule has 0 saturated heterocycles. The maximum Gasteiger partial charge on any atom is 0.251 e. The highest BCUT2D eigenvalue weighted by Gasteiger charge is 2.24. The summed E-state index contributed by atoms with van der Waals surface area (Å²) in [6, 6.07) is 6.22. The van der Waals surface area contributed by atoms with E-state index in [0.717, 1.165) is 57.1 Å². The number of rotatable bonds is 19. The Kier molecular flexibility index (Phi) is 14.6. The van der Waals surface area contributed by atoms with Crippen molar-refractivity contribution in [2.24, 2.45) is 0 Å². The van der Waals surface area contributed by atoms with E-state index in [1.807, 2.05) is 37.9 Å². The van der Waals surface area contributed by atoms with Gasteiger partial charge in [-0.1, -0.05) is 52.4 Å². The highest BCUT2D eigenvalue weighted by Crippen LogP contribution is 2.19. The predicted octanol–water partition coefficient (Wildman–Crippen LogP) is 4.27. The molecule has 3 atom stereocenters. The van der Waals surface area contributed by atoms with E-state index in [1.54, 1.807) is 18.3 Å². The highest BCUT2D eigenvalue weighted by molar-refractivity contribution is 5.98. The zero-order valence-electron chi connectivity index (χ0n) is 28.5. The number of fused-ring (bicyclic) bond motifs is 1. The third kappa shape index (κ3) is 12.0. The fraction of sp³-hybridized carbons (Fsp3) is 0.559. The number of nitrogen functional groups attached to an aromatic ring is 2. The summed E-state index contributed by atoms with van der Waals surface area (Å²) in [5.74, 6) is -0.597. The van der Waals surface area contributed by atoms with E-state index in [0.29, 0.717) is 29.0 Å². The number of hydrogen-bond donors (Lipinski definition) is 5. The molecule has 13 heteroatoms. The first-order valence-corrected chi connectivity index (χ1v) is 16.8. The summed E-state index contributed by atoms with van der Waals surface area (Å²) in [6.45, 7) is 8.66. The number of benzene rings is 1. The minimum atomic E-state index is -0.849. The molecule has 0 radical (unpaired) electrons. The van der Waals surface area contributed by atoms with Crippen molar-refractivity contribution in [1.29, 1.82) is 0 Å². The van der Waals surface area contributed by atoms with E-state index in [1.165, 1.54) is 0 Å². The van der Waals surface area contributed by atoms with E-state index in [-0.39, 0.29) is 54.4 Å². The molecule has 47 heavy (non-hydrogen) atoms. The minimum Gasteiger partial charge on any atom is -0.382 e. The number of unbranched alkanes of at least 4 members (excludes halogenated alkanes) is 4. The summed E-state index contributed by atoms with van der Waals surface area (Å²) >= 11 is 0. The monoisotopic (exact) mass is 648 g/mol. The molecule has 0 saturated carbocycles. The number of nitrogens with two attached hydrogens (primary N) is 2. The first kappa shape index (κ1) is 36.9. The van der Waals surface area contributed by atoms with Gasteiger partial charge in [0.05, 0.1) is 18.4 Å². The van der Waals surface area contributed by atoms with E-state index in [2.05, 4.69) is 49.7 Å². The van der Waals surface area contributed by atoms with Crippen LogP contribution < -0.4 is 32.3 Å². The van der Waals surface area contributed by atoms with Crippen LogP contribution in [0.4, 0.5) is 17.5 Å². The number of amides is 3. The fourth-order valence-electron chi connectivity index (χ4n) is 5.28. The average molecular weight is 649 g/mol. The second kappa shape index (κ2) is 18.6. The van der Waals surface area contributed by atoms with Crippen molar-refractivity contribution < 1.29 is 14.4 Å². The van der Waals surface area contributed by atoms with Gasteiger partial charge in [0, 0.05) is 36.8 Å². The second-order valence-corrected chi connectivity index (χ2v) is 12.3. The van der Waals surface area contributed by atoms with Crippen LogP contribution in [-0.2, 0) is 16.1 Å². The summed E-state index contributed by atoms with van der Waals surface area (Å²) in [7, 11) is 1.89. The Labute approximate surface area is 278 Å². The number of carbonyl (C=O) groups excluding carboxylic acids is 3. The lowest BCUT2D eigenvalue weighted by Gasteiger charge is -2.22. The van der Waals surface area contributed by atoms with Gasteiger partial charge in [-0.05, 0) is 57.4 Å². The van der Waals surface area contributed by atoms with Crippen molar-refractivity contribution in [3.05, 3.63) is 41.7 Å². The Morgan fingerprint density at radius 1 is 0.830 bits per heavy atom. The van der Waals surface area contributed by atoms with Crippen LogP contribution in [0.25, 0.3) is 11.2 Å². The van der Waals surface area contributed by atoms with Crippen LogP contribution >= 0.6 is 0 Å². The van der Waals surface area contributed by atoms with Gasteiger partial charge in [0.2, 0.25) is 17.8 Å². The van der Waals surface area contributed by atoms with E-state index >= 15 is 0 Å². The van der Waals surface area contributed by atoms with Crippen molar-refractivity contribution in [1.82, 2.24) is 35.9 Å². The third-order valence-corrected chi connectivity index (χ3v) is 8.03. The van der Waals surface area contributed by atoms with Crippen LogP contribution in [0.2, 0.25) is 0 Å². The second-order valence-electron chi connectivity index (χ2n) is 12.3. The molecular formula is C34H52N10O3. The molecular weight excluding hydrogens is 596 g/mol. The maximum atomic E-state index is 13.3. The van der Waals surface area contributed by atoms with Crippen LogP contribution in [-0.4, -0.2) is 62.8 Å². The molecule has 3 aromatic rings. The summed E-state index contributed by atoms with van der Waals surface area (Å²) in [5, 5.41) is 8.94. The Morgan fingerprint density at radius 2 is 1.47 bits per heavy atom. The quantitative estimate of drug-likeness (QED) is 0.117. The average Bonchev–Trinajstić information content (AvgIpc) is 3.03. The number of anilines is 3. The van der Waals surface area contributed by atoms with Gasteiger partial charge in [0.1, 0.15) is 6.04 Å². The van der Waals surface area contributed by atoms with Crippen molar-refractivity contribution in [3.63, 3.8) is 0 Å². The summed E-state index contributed by atoms with van der Waals surface area (Å²) < 4.78 is 0. The topological polar surface area (TPSA) is 194 Å². The molecule has 2 heterocycles. The molecule has 7 N–H and O–H groups in total. The molecule has 0 aliphatic heterocycles. The highest BCUT2D eigenvalue weighted by atomic mass is 16.2. The van der Waals surface area contributed by atoms with Gasteiger partial charge in [0.25, 0.3) is 5.91 Å². The smallest absolute Gasteiger partial charge is 0.251 e. The van der Waals surface area contributed by atoms with Crippen LogP contribution in [0.1, 0.15) is 108 Å². The van der Waals surface area contributed by atoms with Gasteiger partial charge >= 0.3 is 0 Å². The molecule has 13 nitrogen and oxygen atoms in total. The molecule has 1 aromatic carbocycles. The van der Waals surface area contributed by atoms with Crippen LogP contribution in [0.5, 0.6) is 0 Å². The molecule has 3 amide bonds. The standard InChI is InChI=1S/C34H52N10O3/c1-6-8-10-12-22(3)38-28(45)19-18-27(33(47)39-23(4)13-11-9-7-2)41-32(46)24-14-16-26(17-15-24)44(5)21-25-20-37-31-29(40-25)30(35)42-34(36)43-31/h14-17,20,22-23,27H,6-13,18-19,21H2,1-5H3,(H,38,45)(H,39,47)(H,41,46)(H4,35,36,37,42,43). The molecule has 3 rings (SSSR count). The predicted molar refractivity (Wildman–Crippen MR) is 186 cm³/mol. The first-order chi connectivity index (χ1) is 22.5. The number of hydrogen-bond acceptors (Lipinski definition) is 10. The summed E-state index contributed by atoms with van der Waals surface area (Å²) in [4.78, 5) is 58.1. The number of carbonyl (C=O) groups is 3. The Bertz CT molecular complexity index is 1470. The lowest BCUT2D eigenvalue weighted by atomic mass is 10.1. The molecule has 0 aliphatic rings. The molecule has 256 valence electrons.